The number of hydrogen-bond donors (Lipinski definition) is 0. The molecule has 0 spiro atoms. The van der Waals surface area contributed by atoms with Gasteiger partial charge in [0.2, 0.25) is 5.91 Å². The van der Waals surface area contributed by atoms with Gasteiger partial charge in [0, 0.05) is 24.0 Å². The summed E-state index contributed by atoms with van der Waals surface area (Å²) in [5.41, 5.74) is 3.34. The molecule has 1 heterocycles. The number of esters is 1. The highest BCUT2D eigenvalue weighted by molar-refractivity contribution is 5.89. The zero-order chi connectivity index (χ0) is 21.1. The number of amides is 1. The Morgan fingerprint density at radius 2 is 1.71 bits per heavy atom. The summed E-state index contributed by atoms with van der Waals surface area (Å²) in [6, 6.07) is 4.04. The van der Waals surface area contributed by atoms with Crippen LogP contribution >= 0.6 is 0 Å². The number of ether oxygens (including phenoxy) is 1. The Hall–Kier alpha value is -2.34. The van der Waals surface area contributed by atoms with Crippen LogP contribution in [0.1, 0.15) is 37.5 Å². The lowest BCUT2D eigenvalue weighted by molar-refractivity contribution is -0.158. The maximum atomic E-state index is 13.0. The van der Waals surface area contributed by atoms with Crippen LogP contribution in [-0.4, -0.2) is 61.0 Å². The van der Waals surface area contributed by atoms with Gasteiger partial charge in [-0.15, -0.1) is 0 Å². The fraction of sp³-hybridized carbons (Fsp3) is 0.545. The highest BCUT2D eigenvalue weighted by Crippen LogP contribution is 2.25. The molecule has 1 aromatic heterocycles. The molecule has 0 saturated carbocycles. The predicted octanol–water partition coefficient (Wildman–Crippen LogP) is 3.32. The Kier molecular flexibility index (Phi) is 6.88. The van der Waals surface area contributed by atoms with Gasteiger partial charge in [0.05, 0.1) is 12.7 Å². The monoisotopic (exact) mass is 388 g/mol. The first-order chi connectivity index (χ1) is 13.0. The summed E-state index contributed by atoms with van der Waals surface area (Å²) in [6.07, 6.45) is 1.82. The molecule has 0 N–H and O–H groups in total. The molecule has 0 aliphatic carbocycles. The molecule has 2 aromatic rings. The van der Waals surface area contributed by atoms with E-state index in [9.17, 15) is 9.59 Å². The first-order valence-corrected chi connectivity index (χ1v) is 9.58. The fourth-order valence-corrected chi connectivity index (χ4v) is 2.89. The molecule has 6 nitrogen and oxygen atoms in total. The van der Waals surface area contributed by atoms with Crippen LogP contribution in [0.3, 0.4) is 0 Å². The molecule has 6 heteroatoms. The van der Waals surface area contributed by atoms with Gasteiger partial charge >= 0.3 is 5.97 Å². The fourth-order valence-electron chi connectivity index (χ4n) is 2.89. The molecular formula is C22H32N2O4. The molecule has 28 heavy (non-hydrogen) atoms. The van der Waals surface area contributed by atoms with Gasteiger partial charge in [0.1, 0.15) is 17.7 Å². The number of likely N-dealkylation sites (N-methyl/N-ethyl adjacent to an activating group) is 1. The topological polar surface area (TPSA) is 63.0 Å². The zero-order valence-electron chi connectivity index (χ0n) is 18.1. The maximum Gasteiger partial charge on any atom is 0.326 e. The molecule has 0 aliphatic rings. The molecule has 0 saturated heterocycles. The number of hydrogen-bond acceptors (Lipinski definition) is 5. The highest BCUT2D eigenvalue weighted by Gasteiger charge is 2.23. The maximum absolute atomic E-state index is 13.0. The van der Waals surface area contributed by atoms with Crippen molar-refractivity contribution in [2.75, 3.05) is 33.7 Å². The summed E-state index contributed by atoms with van der Waals surface area (Å²) < 4.78 is 11.0. The van der Waals surface area contributed by atoms with Crippen LogP contribution in [0.4, 0.5) is 0 Å². The second-order valence-electron chi connectivity index (χ2n) is 8.58. The second-order valence-corrected chi connectivity index (χ2v) is 8.58. The van der Waals surface area contributed by atoms with Crippen LogP contribution in [0.5, 0.6) is 0 Å². The van der Waals surface area contributed by atoms with Crippen molar-refractivity contribution >= 4 is 22.8 Å². The minimum absolute atomic E-state index is 0.0577. The minimum atomic E-state index is -0.580. The Balaban J connectivity index is 2.17. The van der Waals surface area contributed by atoms with Crippen molar-refractivity contribution in [2.24, 2.45) is 0 Å². The Morgan fingerprint density at radius 1 is 1.07 bits per heavy atom. The first kappa shape index (κ1) is 22.0. The number of nitrogens with zero attached hydrogens (tertiary/aromatic N) is 2. The van der Waals surface area contributed by atoms with Crippen molar-refractivity contribution in [3.63, 3.8) is 0 Å². The summed E-state index contributed by atoms with van der Waals surface area (Å²) in [6.45, 7) is 10.6. The molecule has 2 rings (SSSR count). The van der Waals surface area contributed by atoms with Gasteiger partial charge in [-0.1, -0.05) is 0 Å². The van der Waals surface area contributed by atoms with Crippen LogP contribution in [0.15, 0.2) is 22.8 Å². The standard InChI is InChI=1S/C22H32N2O4/c1-15-10-18-17(14-27-19(18)11-16(15)2)12-20(25)24(9-8-23(6)7)13-21(26)28-22(3,4)5/h10-11,14H,8-9,12-13H2,1-7H3. The molecule has 0 atom stereocenters. The van der Waals surface area contributed by atoms with Crippen molar-refractivity contribution in [1.29, 1.82) is 0 Å². The number of aryl methyl sites for hydroxylation is 2. The molecule has 0 bridgehead atoms. The van der Waals surface area contributed by atoms with Crippen molar-refractivity contribution in [2.45, 2.75) is 46.6 Å². The van der Waals surface area contributed by atoms with Crippen LogP contribution in [0, 0.1) is 13.8 Å². The molecule has 0 unspecified atom stereocenters. The van der Waals surface area contributed by atoms with E-state index in [0.717, 1.165) is 27.7 Å². The Bertz CT molecular complexity index is 846. The van der Waals surface area contributed by atoms with Crippen LogP contribution < -0.4 is 0 Å². The van der Waals surface area contributed by atoms with Crippen molar-refractivity contribution < 1.29 is 18.7 Å². The van der Waals surface area contributed by atoms with Gasteiger partial charge in [-0.2, -0.15) is 0 Å². The summed E-state index contributed by atoms with van der Waals surface area (Å²) in [7, 11) is 3.87. The largest absolute Gasteiger partial charge is 0.464 e. The van der Waals surface area contributed by atoms with Crippen molar-refractivity contribution in [3.8, 4) is 0 Å². The normalized spacial score (nSPS) is 11.9. The van der Waals surface area contributed by atoms with Crippen molar-refractivity contribution in [3.05, 3.63) is 35.1 Å². The van der Waals surface area contributed by atoms with E-state index in [2.05, 4.69) is 6.07 Å². The predicted molar refractivity (Wildman–Crippen MR) is 110 cm³/mol. The van der Waals surface area contributed by atoms with E-state index in [1.165, 1.54) is 0 Å². The SMILES string of the molecule is Cc1cc2occ(CC(=O)N(CCN(C)C)CC(=O)OC(C)(C)C)c2cc1C. The third-order valence-corrected chi connectivity index (χ3v) is 4.52. The van der Waals surface area contributed by atoms with Gasteiger partial charge in [0.15, 0.2) is 0 Å². The van der Waals surface area contributed by atoms with Gasteiger partial charge in [-0.05, 0) is 72.0 Å². The van der Waals surface area contributed by atoms with Gasteiger partial charge in [-0.3, -0.25) is 9.59 Å². The number of benzene rings is 1. The molecule has 1 aromatic carbocycles. The smallest absolute Gasteiger partial charge is 0.326 e. The first-order valence-electron chi connectivity index (χ1n) is 9.58. The van der Waals surface area contributed by atoms with E-state index in [4.69, 9.17) is 9.15 Å². The summed E-state index contributed by atoms with van der Waals surface area (Å²) in [5, 5.41) is 0.946. The lowest BCUT2D eigenvalue weighted by Gasteiger charge is -2.26. The number of fused-ring (bicyclic) bond motifs is 1. The second kappa shape index (κ2) is 8.78. The third kappa shape index (κ3) is 6.09. The number of carbonyl (C=O) groups is 2. The molecule has 1 amide bonds. The number of carbonyl (C=O) groups excluding carboxylic acids is 2. The molecule has 0 fully saturated rings. The van der Waals surface area contributed by atoms with Crippen LogP contribution in [0.25, 0.3) is 11.0 Å². The van der Waals surface area contributed by atoms with E-state index in [0.29, 0.717) is 13.1 Å². The lowest BCUT2D eigenvalue weighted by Crippen LogP contribution is -2.42. The average Bonchev–Trinajstić information content (AvgIpc) is 2.91. The van der Waals surface area contributed by atoms with Crippen LogP contribution in [-0.2, 0) is 20.7 Å². The molecule has 154 valence electrons. The van der Waals surface area contributed by atoms with Gasteiger partial charge in [-0.25, -0.2) is 0 Å². The average molecular weight is 389 g/mol. The zero-order valence-corrected chi connectivity index (χ0v) is 18.1. The number of furan rings is 1. The van der Waals surface area contributed by atoms with Crippen LogP contribution in [0.2, 0.25) is 0 Å². The third-order valence-electron chi connectivity index (χ3n) is 4.52. The minimum Gasteiger partial charge on any atom is -0.464 e. The van der Waals surface area contributed by atoms with E-state index in [1.807, 2.05) is 59.7 Å². The quantitative estimate of drug-likeness (QED) is 0.681. The van der Waals surface area contributed by atoms with E-state index >= 15 is 0 Å². The lowest BCUT2D eigenvalue weighted by atomic mass is 10.0. The van der Waals surface area contributed by atoms with Gasteiger partial charge in [0.25, 0.3) is 0 Å². The number of rotatable bonds is 7. The molecular weight excluding hydrogens is 356 g/mol. The van der Waals surface area contributed by atoms with Gasteiger partial charge < -0.3 is 19.0 Å². The Morgan fingerprint density at radius 3 is 2.32 bits per heavy atom. The molecule has 0 radical (unpaired) electrons. The van der Waals surface area contributed by atoms with E-state index < -0.39 is 11.6 Å². The Labute approximate surface area is 167 Å². The summed E-state index contributed by atoms with van der Waals surface area (Å²) in [4.78, 5) is 28.8. The van der Waals surface area contributed by atoms with E-state index in [1.54, 1.807) is 11.2 Å². The van der Waals surface area contributed by atoms with Crippen molar-refractivity contribution in [1.82, 2.24) is 9.80 Å². The summed E-state index contributed by atoms with van der Waals surface area (Å²) >= 11 is 0. The molecule has 0 aliphatic heterocycles. The summed E-state index contributed by atoms with van der Waals surface area (Å²) in [5.74, 6) is -0.517. The van der Waals surface area contributed by atoms with E-state index in [-0.39, 0.29) is 18.9 Å². The highest BCUT2D eigenvalue weighted by atomic mass is 16.6.